The highest BCUT2D eigenvalue weighted by Crippen LogP contribution is 2.30. The minimum Gasteiger partial charge on any atom is -0.365 e. The van der Waals surface area contributed by atoms with E-state index in [1.54, 1.807) is 54.7 Å². The van der Waals surface area contributed by atoms with Gasteiger partial charge in [-0.25, -0.2) is 0 Å². The Balaban J connectivity index is 2.04. The van der Waals surface area contributed by atoms with Crippen molar-refractivity contribution >= 4 is 17.7 Å². The van der Waals surface area contributed by atoms with Gasteiger partial charge in [0.2, 0.25) is 5.88 Å². The smallest absolute Gasteiger partial charge is 0.260 e. The minimum absolute atomic E-state index is 0.0143. The molecule has 7 heteroatoms. The van der Waals surface area contributed by atoms with Crippen molar-refractivity contribution in [2.45, 2.75) is 0 Å². The maximum atomic E-state index is 12.5. The number of benzene rings is 1. The van der Waals surface area contributed by atoms with Crippen LogP contribution in [0.4, 0.5) is 5.88 Å². The van der Waals surface area contributed by atoms with Gasteiger partial charge in [0.05, 0.1) is 5.69 Å². The monoisotopic (exact) mass is 322 g/mol. The molecule has 7 nitrogen and oxygen atoms in total. The number of aromatic nitrogens is 2. The Labute approximate surface area is 137 Å². The van der Waals surface area contributed by atoms with Crippen molar-refractivity contribution in [2.24, 2.45) is 5.73 Å². The Morgan fingerprint density at radius 3 is 2.42 bits per heavy atom. The number of pyridine rings is 1. The van der Waals surface area contributed by atoms with Crippen LogP contribution in [0.3, 0.4) is 0 Å². The van der Waals surface area contributed by atoms with E-state index in [1.165, 1.54) is 11.9 Å². The molecule has 0 aliphatic carbocycles. The molecule has 3 aromatic rings. The second kappa shape index (κ2) is 6.33. The lowest BCUT2D eigenvalue weighted by Gasteiger charge is -2.14. The summed E-state index contributed by atoms with van der Waals surface area (Å²) in [6.07, 6.45) is 1.56. The zero-order chi connectivity index (χ0) is 17.1. The van der Waals surface area contributed by atoms with Gasteiger partial charge in [-0.2, -0.15) is 0 Å². The highest BCUT2D eigenvalue weighted by molar-refractivity contribution is 6.10. The van der Waals surface area contributed by atoms with Gasteiger partial charge in [0, 0.05) is 18.8 Å². The number of nitrogens with zero attached hydrogens (tertiary/aromatic N) is 3. The van der Waals surface area contributed by atoms with E-state index < -0.39 is 5.91 Å². The summed E-state index contributed by atoms with van der Waals surface area (Å²) in [6.45, 7) is 0. The number of carbonyl (C=O) groups excluding carboxylic acids is 2. The SMILES string of the molecule is CN(C(=O)c1ccccc1)c1onc(-c2ccccn2)c1C(N)=O. The molecule has 0 aliphatic heterocycles. The van der Waals surface area contributed by atoms with Crippen LogP contribution in [0.25, 0.3) is 11.4 Å². The van der Waals surface area contributed by atoms with Crippen LogP contribution in [-0.4, -0.2) is 29.0 Å². The molecule has 0 saturated carbocycles. The van der Waals surface area contributed by atoms with E-state index in [1.807, 2.05) is 0 Å². The number of carbonyl (C=O) groups is 2. The van der Waals surface area contributed by atoms with Crippen LogP contribution in [0, 0.1) is 0 Å². The first-order valence-electron chi connectivity index (χ1n) is 7.13. The van der Waals surface area contributed by atoms with Crippen LogP contribution in [0.2, 0.25) is 0 Å². The molecule has 24 heavy (non-hydrogen) atoms. The summed E-state index contributed by atoms with van der Waals surface area (Å²) in [5, 5.41) is 3.87. The molecule has 2 N–H and O–H groups in total. The van der Waals surface area contributed by atoms with Gasteiger partial charge in [-0.1, -0.05) is 29.4 Å². The van der Waals surface area contributed by atoms with Crippen molar-refractivity contribution in [3.63, 3.8) is 0 Å². The first kappa shape index (κ1) is 15.4. The maximum Gasteiger partial charge on any atom is 0.260 e. The summed E-state index contributed by atoms with van der Waals surface area (Å²) in [5.74, 6) is -1.11. The van der Waals surface area contributed by atoms with E-state index >= 15 is 0 Å². The summed E-state index contributed by atoms with van der Waals surface area (Å²) in [5.41, 5.74) is 6.57. The van der Waals surface area contributed by atoms with Gasteiger partial charge in [0.1, 0.15) is 11.3 Å². The quantitative estimate of drug-likeness (QED) is 0.792. The van der Waals surface area contributed by atoms with Crippen molar-refractivity contribution < 1.29 is 14.1 Å². The van der Waals surface area contributed by atoms with E-state index in [4.69, 9.17) is 10.3 Å². The lowest BCUT2D eigenvalue weighted by molar-refractivity contribution is 0.0987. The summed E-state index contributed by atoms with van der Waals surface area (Å²) < 4.78 is 5.23. The van der Waals surface area contributed by atoms with E-state index in [0.29, 0.717) is 11.3 Å². The van der Waals surface area contributed by atoms with E-state index in [2.05, 4.69) is 10.1 Å². The number of anilines is 1. The third-order valence-corrected chi connectivity index (χ3v) is 3.46. The Kier molecular flexibility index (Phi) is 4.07. The highest BCUT2D eigenvalue weighted by Gasteiger charge is 2.28. The maximum absolute atomic E-state index is 12.5. The number of hydrogen-bond acceptors (Lipinski definition) is 5. The van der Waals surface area contributed by atoms with Crippen molar-refractivity contribution in [1.82, 2.24) is 10.1 Å². The number of rotatable bonds is 4. The molecule has 0 bridgehead atoms. The second-order valence-corrected chi connectivity index (χ2v) is 5.02. The van der Waals surface area contributed by atoms with Crippen molar-refractivity contribution in [3.05, 3.63) is 65.9 Å². The summed E-state index contributed by atoms with van der Waals surface area (Å²) in [7, 11) is 1.49. The molecule has 2 aromatic heterocycles. The standard InChI is InChI=1S/C17H14N4O3/c1-21(16(23)11-7-3-2-4-8-11)17-13(15(18)22)14(20-24-17)12-9-5-6-10-19-12/h2-10H,1H3,(H2,18,22). The van der Waals surface area contributed by atoms with Crippen LogP contribution < -0.4 is 10.6 Å². The number of nitrogens with two attached hydrogens (primary N) is 1. The molecule has 0 aliphatic rings. The Hall–Kier alpha value is -3.48. The number of amides is 2. The molecule has 0 radical (unpaired) electrons. The zero-order valence-corrected chi connectivity index (χ0v) is 12.8. The Morgan fingerprint density at radius 2 is 1.79 bits per heavy atom. The van der Waals surface area contributed by atoms with Gasteiger partial charge in [-0.15, -0.1) is 0 Å². The van der Waals surface area contributed by atoms with Crippen LogP contribution in [-0.2, 0) is 0 Å². The summed E-state index contributed by atoms with van der Waals surface area (Å²) in [4.78, 5) is 29.8. The molecule has 0 fully saturated rings. The molecule has 120 valence electrons. The number of primary amides is 1. The summed E-state index contributed by atoms with van der Waals surface area (Å²) >= 11 is 0. The second-order valence-electron chi connectivity index (χ2n) is 5.02. The van der Waals surface area contributed by atoms with Gasteiger partial charge in [-0.3, -0.25) is 19.5 Å². The normalized spacial score (nSPS) is 10.4. The minimum atomic E-state index is -0.750. The topological polar surface area (TPSA) is 102 Å². The van der Waals surface area contributed by atoms with Gasteiger partial charge < -0.3 is 10.3 Å². The van der Waals surface area contributed by atoms with Gasteiger partial charge >= 0.3 is 0 Å². The first-order valence-corrected chi connectivity index (χ1v) is 7.13. The molecule has 0 spiro atoms. The average molecular weight is 322 g/mol. The Bertz CT molecular complexity index is 875. The van der Waals surface area contributed by atoms with E-state index in [0.717, 1.165) is 0 Å². The van der Waals surface area contributed by atoms with Crippen LogP contribution in [0.15, 0.2) is 59.3 Å². The molecular formula is C17H14N4O3. The van der Waals surface area contributed by atoms with E-state index in [9.17, 15) is 9.59 Å². The summed E-state index contributed by atoms with van der Waals surface area (Å²) in [6, 6.07) is 13.8. The van der Waals surface area contributed by atoms with Crippen LogP contribution in [0.1, 0.15) is 20.7 Å². The predicted octanol–water partition coefficient (Wildman–Crippen LogP) is 2.11. The van der Waals surface area contributed by atoms with Crippen molar-refractivity contribution in [3.8, 4) is 11.4 Å². The third-order valence-electron chi connectivity index (χ3n) is 3.46. The fraction of sp³-hybridized carbons (Fsp3) is 0.0588. The lowest BCUT2D eigenvalue weighted by Crippen LogP contribution is -2.28. The van der Waals surface area contributed by atoms with Gasteiger partial charge in [0.25, 0.3) is 11.8 Å². The lowest BCUT2D eigenvalue weighted by atomic mass is 10.1. The fourth-order valence-electron chi connectivity index (χ4n) is 2.28. The first-order chi connectivity index (χ1) is 11.6. The fourth-order valence-corrected chi connectivity index (χ4v) is 2.28. The van der Waals surface area contributed by atoms with Crippen LogP contribution in [0.5, 0.6) is 0 Å². The Morgan fingerprint density at radius 1 is 1.08 bits per heavy atom. The average Bonchev–Trinajstić information content (AvgIpc) is 3.07. The van der Waals surface area contributed by atoms with Gasteiger partial charge in [0.15, 0.2) is 0 Å². The van der Waals surface area contributed by atoms with Crippen molar-refractivity contribution in [1.29, 1.82) is 0 Å². The largest absolute Gasteiger partial charge is 0.365 e. The predicted molar refractivity (Wildman–Crippen MR) is 87.4 cm³/mol. The van der Waals surface area contributed by atoms with Gasteiger partial charge in [-0.05, 0) is 24.3 Å². The molecular weight excluding hydrogens is 308 g/mol. The zero-order valence-electron chi connectivity index (χ0n) is 12.8. The van der Waals surface area contributed by atoms with Crippen molar-refractivity contribution in [2.75, 3.05) is 11.9 Å². The van der Waals surface area contributed by atoms with Crippen LogP contribution >= 0.6 is 0 Å². The molecule has 0 atom stereocenters. The molecule has 1 aromatic carbocycles. The third kappa shape index (κ3) is 2.74. The van der Waals surface area contributed by atoms with E-state index in [-0.39, 0.29) is 23.0 Å². The molecule has 0 unspecified atom stereocenters. The number of hydrogen-bond donors (Lipinski definition) is 1. The molecule has 2 amide bonds. The molecule has 3 rings (SSSR count). The molecule has 0 saturated heterocycles. The molecule has 2 heterocycles. The highest BCUT2D eigenvalue weighted by atomic mass is 16.5.